The van der Waals surface area contributed by atoms with Crippen LogP contribution in [0.15, 0.2) is 71.3 Å². The highest BCUT2D eigenvalue weighted by molar-refractivity contribution is 5.92. The van der Waals surface area contributed by atoms with E-state index in [1.807, 2.05) is 12.1 Å². The highest BCUT2D eigenvalue weighted by Crippen LogP contribution is 2.40. The molecule has 1 aliphatic heterocycles. The van der Waals surface area contributed by atoms with Crippen LogP contribution in [0.4, 0.5) is 0 Å². The number of ether oxygens (including phenoxy) is 3. The number of hydrogen-bond donors (Lipinski definition) is 1. The zero-order valence-electron chi connectivity index (χ0n) is 17.2. The van der Waals surface area contributed by atoms with Crippen LogP contribution in [0.5, 0.6) is 5.75 Å². The molecule has 2 aromatic carbocycles. The van der Waals surface area contributed by atoms with E-state index in [0.29, 0.717) is 29.2 Å². The number of nitriles is 2. The van der Waals surface area contributed by atoms with Crippen LogP contribution in [0.3, 0.4) is 0 Å². The highest BCUT2D eigenvalue weighted by atomic mass is 16.5. The molecule has 7 heteroatoms. The van der Waals surface area contributed by atoms with E-state index in [1.54, 1.807) is 50.2 Å². The van der Waals surface area contributed by atoms with Gasteiger partial charge in [-0.1, -0.05) is 24.3 Å². The van der Waals surface area contributed by atoms with E-state index in [9.17, 15) is 10.1 Å². The summed E-state index contributed by atoms with van der Waals surface area (Å²) in [6.07, 6.45) is 0. The van der Waals surface area contributed by atoms with Gasteiger partial charge >= 0.3 is 5.97 Å². The van der Waals surface area contributed by atoms with Gasteiger partial charge in [-0.2, -0.15) is 10.5 Å². The predicted octanol–water partition coefficient (Wildman–Crippen LogP) is 3.78. The fourth-order valence-corrected chi connectivity index (χ4v) is 3.29. The SMILES string of the molecule is CCOC(=O)C1=C(C)OC(N)=C(C#N)C1c1ccc(OCc2ccc(C#N)cc2)cc1. The maximum atomic E-state index is 12.6. The number of hydrogen-bond acceptors (Lipinski definition) is 7. The second kappa shape index (κ2) is 9.51. The van der Waals surface area contributed by atoms with Crippen LogP contribution in [0.1, 0.15) is 36.5 Å². The van der Waals surface area contributed by atoms with Gasteiger partial charge in [-0.05, 0) is 49.2 Å². The molecule has 1 heterocycles. The molecule has 0 saturated carbocycles. The molecular formula is C24H21N3O4. The van der Waals surface area contributed by atoms with Gasteiger partial charge in [0, 0.05) is 0 Å². The first kappa shape index (κ1) is 21.5. The Labute approximate surface area is 180 Å². The maximum Gasteiger partial charge on any atom is 0.338 e. The Hall–Kier alpha value is -4.23. The minimum absolute atomic E-state index is 0.0285. The van der Waals surface area contributed by atoms with Crippen molar-refractivity contribution in [3.8, 4) is 17.9 Å². The molecule has 0 aliphatic carbocycles. The highest BCUT2D eigenvalue weighted by Gasteiger charge is 2.36. The van der Waals surface area contributed by atoms with Crippen molar-refractivity contribution < 1.29 is 19.0 Å². The van der Waals surface area contributed by atoms with Crippen molar-refractivity contribution >= 4 is 5.97 Å². The van der Waals surface area contributed by atoms with Crippen molar-refractivity contribution in [3.05, 3.63) is 88.0 Å². The molecule has 0 spiro atoms. The molecule has 0 amide bonds. The molecule has 1 unspecified atom stereocenters. The van der Waals surface area contributed by atoms with E-state index in [2.05, 4.69) is 12.1 Å². The quantitative estimate of drug-likeness (QED) is 0.713. The Morgan fingerprint density at radius 3 is 2.35 bits per heavy atom. The monoisotopic (exact) mass is 415 g/mol. The zero-order valence-corrected chi connectivity index (χ0v) is 17.2. The van der Waals surface area contributed by atoms with Gasteiger partial charge in [-0.25, -0.2) is 4.79 Å². The molecule has 0 radical (unpaired) electrons. The average molecular weight is 415 g/mol. The molecule has 0 aromatic heterocycles. The lowest BCUT2D eigenvalue weighted by atomic mass is 9.83. The number of allylic oxidation sites excluding steroid dienone is 2. The normalized spacial score (nSPS) is 15.5. The zero-order chi connectivity index (χ0) is 22.4. The summed E-state index contributed by atoms with van der Waals surface area (Å²) < 4.78 is 16.4. The Morgan fingerprint density at radius 1 is 1.10 bits per heavy atom. The van der Waals surface area contributed by atoms with Crippen molar-refractivity contribution in [2.45, 2.75) is 26.4 Å². The van der Waals surface area contributed by atoms with Crippen LogP contribution in [-0.4, -0.2) is 12.6 Å². The summed E-state index contributed by atoms with van der Waals surface area (Å²) in [6.45, 7) is 3.87. The van der Waals surface area contributed by atoms with Crippen molar-refractivity contribution in [2.24, 2.45) is 5.73 Å². The average Bonchev–Trinajstić information content (AvgIpc) is 2.78. The van der Waals surface area contributed by atoms with E-state index in [4.69, 9.17) is 25.2 Å². The minimum Gasteiger partial charge on any atom is -0.489 e. The van der Waals surface area contributed by atoms with Crippen LogP contribution >= 0.6 is 0 Å². The number of nitrogens with zero attached hydrogens (tertiary/aromatic N) is 2. The fraction of sp³-hybridized carbons (Fsp3) is 0.208. The Morgan fingerprint density at radius 2 is 1.77 bits per heavy atom. The molecule has 0 saturated heterocycles. The summed E-state index contributed by atoms with van der Waals surface area (Å²) in [4.78, 5) is 12.6. The molecule has 1 aliphatic rings. The van der Waals surface area contributed by atoms with Crippen LogP contribution < -0.4 is 10.5 Å². The summed E-state index contributed by atoms with van der Waals surface area (Å²) in [5.74, 6) is -0.342. The minimum atomic E-state index is -0.689. The van der Waals surface area contributed by atoms with Gasteiger partial charge in [0.15, 0.2) is 0 Å². The lowest BCUT2D eigenvalue weighted by molar-refractivity contribution is -0.139. The summed E-state index contributed by atoms with van der Waals surface area (Å²) in [7, 11) is 0. The van der Waals surface area contributed by atoms with E-state index in [-0.39, 0.29) is 23.6 Å². The third kappa shape index (κ3) is 4.68. The standard InChI is InChI=1S/C24H21N3O4/c1-3-29-24(28)21-15(2)31-23(27)20(13-26)22(21)18-8-10-19(11-9-18)30-14-17-6-4-16(12-25)5-7-17/h4-11,22H,3,14,27H2,1-2H3. The largest absolute Gasteiger partial charge is 0.489 e. The summed E-state index contributed by atoms with van der Waals surface area (Å²) in [5, 5.41) is 18.5. The molecule has 156 valence electrons. The van der Waals surface area contributed by atoms with Gasteiger partial charge in [0.05, 0.1) is 29.7 Å². The maximum absolute atomic E-state index is 12.6. The smallest absolute Gasteiger partial charge is 0.338 e. The first-order valence-corrected chi connectivity index (χ1v) is 9.65. The van der Waals surface area contributed by atoms with Gasteiger partial charge in [-0.3, -0.25) is 0 Å². The van der Waals surface area contributed by atoms with Gasteiger partial charge in [0.25, 0.3) is 0 Å². The molecule has 3 rings (SSSR count). The van der Waals surface area contributed by atoms with E-state index >= 15 is 0 Å². The number of carbonyl (C=O) groups excluding carboxylic acids is 1. The number of esters is 1. The molecule has 31 heavy (non-hydrogen) atoms. The second-order valence-corrected chi connectivity index (χ2v) is 6.78. The van der Waals surface area contributed by atoms with Crippen LogP contribution in [0.2, 0.25) is 0 Å². The van der Waals surface area contributed by atoms with Crippen molar-refractivity contribution in [3.63, 3.8) is 0 Å². The molecule has 2 N–H and O–H groups in total. The lowest BCUT2D eigenvalue weighted by Crippen LogP contribution is -2.25. The lowest BCUT2D eigenvalue weighted by Gasteiger charge is -2.26. The van der Waals surface area contributed by atoms with Gasteiger partial charge in [0.1, 0.15) is 29.8 Å². The van der Waals surface area contributed by atoms with Crippen LogP contribution in [-0.2, 0) is 20.9 Å². The van der Waals surface area contributed by atoms with Crippen molar-refractivity contribution in [1.82, 2.24) is 0 Å². The van der Waals surface area contributed by atoms with Gasteiger partial charge in [-0.15, -0.1) is 0 Å². The van der Waals surface area contributed by atoms with E-state index < -0.39 is 11.9 Å². The van der Waals surface area contributed by atoms with Crippen molar-refractivity contribution in [2.75, 3.05) is 6.61 Å². The molecule has 0 fully saturated rings. The number of rotatable bonds is 6. The number of benzene rings is 2. The topological polar surface area (TPSA) is 118 Å². The predicted molar refractivity (Wildman–Crippen MR) is 112 cm³/mol. The van der Waals surface area contributed by atoms with Gasteiger partial charge < -0.3 is 19.9 Å². The van der Waals surface area contributed by atoms with Crippen molar-refractivity contribution in [1.29, 1.82) is 10.5 Å². The third-order valence-corrected chi connectivity index (χ3v) is 4.80. The summed E-state index contributed by atoms with van der Waals surface area (Å²) in [6, 6.07) is 18.4. The first-order valence-electron chi connectivity index (χ1n) is 9.65. The molecular weight excluding hydrogens is 394 g/mol. The molecule has 7 nitrogen and oxygen atoms in total. The van der Waals surface area contributed by atoms with E-state index in [0.717, 1.165) is 5.56 Å². The summed E-state index contributed by atoms with van der Waals surface area (Å²) >= 11 is 0. The number of nitrogens with two attached hydrogens (primary N) is 1. The third-order valence-electron chi connectivity index (χ3n) is 4.80. The van der Waals surface area contributed by atoms with Gasteiger partial charge in [0.2, 0.25) is 5.88 Å². The Bertz CT molecular complexity index is 1120. The first-order chi connectivity index (χ1) is 15.0. The fourth-order valence-electron chi connectivity index (χ4n) is 3.29. The van der Waals surface area contributed by atoms with Crippen LogP contribution in [0.25, 0.3) is 0 Å². The molecule has 0 bridgehead atoms. The second-order valence-electron chi connectivity index (χ2n) is 6.78. The summed E-state index contributed by atoms with van der Waals surface area (Å²) in [5.41, 5.74) is 8.52. The Kier molecular flexibility index (Phi) is 6.59. The van der Waals surface area contributed by atoms with E-state index in [1.165, 1.54) is 0 Å². The Balaban J connectivity index is 1.84. The molecule has 1 atom stereocenters. The number of carbonyl (C=O) groups is 1. The van der Waals surface area contributed by atoms with Crippen LogP contribution in [0, 0.1) is 22.7 Å². The molecule has 2 aromatic rings.